The third-order valence-corrected chi connectivity index (χ3v) is 6.96. The van der Waals surface area contributed by atoms with Crippen LogP contribution in [0.3, 0.4) is 0 Å². The van der Waals surface area contributed by atoms with Gasteiger partial charge in [-0.1, -0.05) is 20.8 Å². The van der Waals surface area contributed by atoms with Crippen LogP contribution in [0.1, 0.15) is 33.6 Å². The van der Waals surface area contributed by atoms with Gasteiger partial charge in [-0.25, -0.2) is 21.6 Å². The molecular formula is C11H21NO6S2. The maximum atomic E-state index is 12.2. The summed E-state index contributed by atoms with van der Waals surface area (Å²) < 4.78 is 49.2. The minimum atomic E-state index is -3.86. The van der Waals surface area contributed by atoms with Crippen molar-refractivity contribution in [2.24, 2.45) is 5.41 Å². The molecule has 0 spiro atoms. The van der Waals surface area contributed by atoms with E-state index in [9.17, 15) is 21.6 Å². The van der Waals surface area contributed by atoms with E-state index >= 15 is 0 Å². The Bertz CT molecular complexity index is 559. The number of carbonyl (C=O) groups is 1. The van der Waals surface area contributed by atoms with Crippen LogP contribution in [0.15, 0.2) is 0 Å². The molecule has 0 unspecified atom stereocenters. The number of carboxylic acids is 1. The Morgan fingerprint density at radius 2 is 1.70 bits per heavy atom. The molecule has 1 saturated heterocycles. The largest absolute Gasteiger partial charge is 0.480 e. The van der Waals surface area contributed by atoms with Crippen LogP contribution in [0.4, 0.5) is 0 Å². The highest BCUT2D eigenvalue weighted by Crippen LogP contribution is 2.24. The summed E-state index contributed by atoms with van der Waals surface area (Å²) in [7, 11) is -7.01. The van der Waals surface area contributed by atoms with E-state index in [0.717, 1.165) is 0 Å². The molecule has 118 valence electrons. The first kappa shape index (κ1) is 17.4. The van der Waals surface area contributed by atoms with Gasteiger partial charge in [0.1, 0.15) is 15.9 Å². The average molecular weight is 327 g/mol. The van der Waals surface area contributed by atoms with Gasteiger partial charge in [-0.15, -0.1) is 0 Å². The Balaban J connectivity index is 2.87. The Kier molecular flexibility index (Phi) is 4.87. The molecular weight excluding hydrogens is 306 g/mol. The van der Waals surface area contributed by atoms with Crippen LogP contribution in [0.25, 0.3) is 0 Å². The van der Waals surface area contributed by atoms with Crippen molar-refractivity contribution in [3.8, 4) is 0 Å². The van der Waals surface area contributed by atoms with Crippen LogP contribution >= 0.6 is 0 Å². The summed E-state index contributed by atoms with van der Waals surface area (Å²) in [5.74, 6) is -1.60. The number of carboxylic acid groups (broad SMARTS) is 1. The zero-order chi connectivity index (χ0) is 15.8. The fourth-order valence-corrected chi connectivity index (χ4v) is 5.66. The van der Waals surface area contributed by atoms with Gasteiger partial charge in [0.15, 0.2) is 0 Å². The molecule has 0 aromatic carbocycles. The zero-order valence-corrected chi connectivity index (χ0v) is 13.4. The first-order chi connectivity index (χ1) is 8.85. The van der Waals surface area contributed by atoms with Gasteiger partial charge in [0, 0.05) is 0 Å². The predicted molar refractivity (Wildman–Crippen MR) is 74.6 cm³/mol. The van der Waals surface area contributed by atoms with Crippen LogP contribution in [-0.4, -0.2) is 50.7 Å². The van der Waals surface area contributed by atoms with Crippen molar-refractivity contribution >= 4 is 25.8 Å². The van der Waals surface area contributed by atoms with Crippen molar-refractivity contribution in [3.63, 3.8) is 0 Å². The van der Waals surface area contributed by atoms with E-state index in [1.54, 1.807) is 20.8 Å². The molecule has 0 aliphatic carbocycles. The molecule has 1 aliphatic heterocycles. The Labute approximate surface area is 119 Å². The molecule has 0 saturated carbocycles. The van der Waals surface area contributed by atoms with E-state index in [0.29, 0.717) is 0 Å². The highest BCUT2D eigenvalue weighted by Gasteiger charge is 2.39. The lowest BCUT2D eigenvalue weighted by Gasteiger charge is -2.30. The van der Waals surface area contributed by atoms with Crippen molar-refractivity contribution in [1.82, 2.24) is 4.72 Å². The van der Waals surface area contributed by atoms with Gasteiger partial charge in [0.05, 0.1) is 16.8 Å². The summed E-state index contributed by atoms with van der Waals surface area (Å²) >= 11 is 0. The van der Waals surface area contributed by atoms with Gasteiger partial charge in [-0.2, -0.15) is 0 Å². The van der Waals surface area contributed by atoms with E-state index in [1.807, 2.05) is 0 Å². The molecule has 2 N–H and O–H groups in total. The highest BCUT2D eigenvalue weighted by atomic mass is 32.2. The molecule has 1 aliphatic rings. The molecule has 1 atom stereocenters. The van der Waals surface area contributed by atoms with Crippen molar-refractivity contribution in [1.29, 1.82) is 0 Å². The summed E-state index contributed by atoms with van der Waals surface area (Å²) in [6.07, 6.45) is 0.0162. The first-order valence-electron chi connectivity index (χ1n) is 6.29. The van der Waals surface area contributed by atoms with Crippen LogP contribution in [0.2, 0.25) is 0 Å². The number of hydrogen-bond donors (Lipinski definition) is 2. The molecule has 1 heterocycles. The fraction of sp³-hybridized carbons (Fsp3) is 0.909. The zero-order valence-electron chi connectivity index (χ0n) is 11.8. The highest BCUT2D eigenvalue weighted by molar-refractivity contribution is 7.92. The Hall–Kier alpha value is -0.670. The van der Waals surface area contributed by atoms with E-state index < -0.39 is 42.5 Å². The van der Waals surface area contributed by atoms with Gasteiger partial charge in [0.2, 0.25) is 10.0 Å². The maximum absolute atomic E-state index is 12.2. The monoisotopic (exact) mass is 327 g/mol. The molecule has 0 bridgehead atoms. The molecule has 1 rings (SSSR count). The lowest BCUT2D eigenvalue weighted by atomic mass is 9.88. The number of nitrogens with one attached hydrogen (secondary N) is 1. The molecule has 7 nitrogen and oxygen atoms in total. The summed E-state index contributed by atoms with van der Waals surface area (Å²) in [6, 6.07) is -1.24. The van der Waals surface area contributed by atoms with Gasteiger partial charge in [0.25, 0.3) is 0 Å². The van der Waals surface area contributed by atoms with Crippen molar-refractivity contribution in [2.45, 2.75) is 44.9 Å². The van der Waals surface area contributed by atoms with Gasteiger partial charge >= 0.3 is 5.97 Å². The van der Waals surface area contributed by atoms with Gasteiger partial charge < -0.3 is 5.11 Å². The Morgan fingerprint density at radius 1 is 1.25 bits per heavy atom. The van der Waals surface area contributed by atoms with Gasteiger partial charge in [-0.05, 0) is 18.3 Å². The third-order valence-electron chi connectivity index (χ3n) is 3.34. The molecule has 20 heavy (non-hydrogen) atoms. The number of rotatable bonds is 4. The second-order valence-electron chi connectivity index (χ2n) is 6.15. The number of sulfone groups is 1. The quantitative estimate of drug-likeness (QED) is 0.749. The molecule has 0 aromatic heterocycles. The normalized spacial score (nSPS) is 22.4. The minimum Gasteiger partial charge on any atom is -0.480 e. The second-order valence-corrected chi connectivity index (χ2v) is 10.4. The molecule has 1 fully saturated rings. The van der Waals surface area contributed by atoms with Crippen LogP contribution < -0.4 is 4.72 Å². The van der Waals surface area contributed by atoms with Crippen molar-refractivity contribution in [2.75, 3.05) is 11.5 Å². The fourth-order valence-electron chi connectivity index (χ4n) is 2.04. The van der Waals surface area contributed by atoms with Gasteiger partial charge in [-0.3, -0.25) is 4.79 Å². The first-order valence-corrected chi connectivity index (χ1v) is 9.66. The number of aliphatic carboxylic acids is 1. The Morgan fingerprint density at radius 3 is 2.05 bits per heavy atom. The standard InChI is InChI=1S/C11H21NO6S2/c1-11(2,3)9(10(13)14)12-20(17,18)8-4-6-19(15,16)7-5-8/h8-9,12H,4-7H2,1-3H3,(H,13,14)/t9-/m0/s1. The number of hydrogen-bond acceptors (Lipinski definition) is 5. The lowest BCUT2D eigenvalue weighted by molar-refractivity contribution is -0.141. The molecule has 0 amide bonds. The second kappa shape index (κ2) is 5.61. The number of sulfonamides is 1. The minimum absolute atomic E-state index is 0.00808. The lowest BCUT2D eigenvalue weighted by Crippen LogP contribution is -2.52. The van der Waals surface area contributed by atoms with E-state index in [1.165, 1.54) is 0 Å². The van der Waals surface area contributed by atoms with Crippen LogP contribution in [0, 0.1) is 5.41 Å². The molecule has 9 heteroatoms. The van der Waals surface area contributed by atoms with Crippen molar-refractivity contribution < 1.29 is 26.7 Å². The maximum Gasteiger partial charge on any atom is 0.322 e. The SMILES string of the molecule is CC(C)(C)[C@@H](NS(=O)(=O)C1CCS(=O)(=O)CC1)C(=O)O. The molecule has 0 aromatic rings. The topological polar surface area (TPSA) is 118 Å². The van der Waals surface area contributed by atoms with E-state index in [2.05, 4.69) is 4.72 Å². The average Bonchev–Trinajstić information content (AvgIpc) is 2.23. The van der Waals surface area contributed by atoms with E-state index in [4.69, 9.17) is 5.11 Å². The van der Waals surface area contributed by atoms with Crippen LogP contribution in [0.5, 0.6) is 0 Å². The molecule has 0 radical (unpaired) electrons. The smallest absolute Gasteiger partial charge is 0.322 e. The summed E-state index contributed by atoms with van der Waals surface area (Å²) in [6.45, 7) is 4.87. The summed E-state index contributed by atoms with van der Waals surface area (Å²) in [5.41, 5.74) is -0.778. The van der Waals surface area contributed by atoms with Crippen molar-refractivity contribution in [3.05, 3.63) is 0 Å². The summed E-state index contributed by atoms with van der Waals surface area (Å²) in [5, 5.41) is 8.28. The summed E-state index contributed by atoms with van der Waals surface area (Å²) in [4.78, 5) is 11.2. The predicted octanol–water partition coefficient (Wildman–Crippen LogP) is -0.0177. The third kappa shape index (κ3) is 4.42. The van der Waals surface area contributed by atoms with Crippen LogP contribution in [-0.2, 0) is 24.7 Å². The van der Waals surface area contributed by atoms with E-state index in [-0.39, 0.29) is 24.3 Å².